The van der Waals surface area contributed by atoms with Gasteiger partial charge in [-0.1, -0.05) is 64.7 Å². The molecule has 9 heteroatoms. The second kappa shape index (κ2) is 15.1. The van der Waals surface area contributed by atoms with Crippen LogP contribution in [0.4, 0.5) is 26.3 Å². The molecule has 0 aromatic heterocycles. The van der Waals surface area contributed by atoms with E-state index < -0.39 is 29.5 Å². The molecule has 0 bridgehead atoms. The first-order valence-corrected chi connectivity index (χ1v) is 12.5. The van der Waals surface area contributed by atoms with E-state index in [2.05, 4.69) is 6.92 Å². The van der Waals surface area contributed by atoms with Gasteiger partial charge in [-0.3, -0.25) is 0 Å². The summed E-state index contributed by atoms with van der Waals surface area (Å²) in [6, 6.07) is 1.74. The van der Waals surface area contributed by atoms with Crippen molar-refractivity contribution in [2.75, 3.05) is 14.2 Å². The molecule has 0 spiro atoms. The summed E-state index contributed by atoms with van der Waals surface area (Å²) in [5, 5.41) is 10.6. The van der Waals surface area contributed by atoms with Gasteiger partial charge in [-0.15, -0.1) is 0 Å². The number of aryl methyl sites for hydroxylation is 1. The number of benzene rings is 1. The first-order chi connectivity index (χ1) is 16.4. The maximum atomic E-state index is 13.0. The van der Waals surface area contributed by atoms with Gasteiger partial charge in [0.2, 0.25) is 0 Å². The molecule has 0 aliphatic heterocycles. The molecule has 0 amide bonds. The molecule has 0 fully saturated rings. The zero-order valence-corrected chi connectivity index (χ0v) is 21.0. The molecule has 1 atom stereocenters. The molecule has 1 N–H and O–H groups in total. The minimum atomic E-state index is -4.83. The molecule has 0 aliphatic carbocycles. The summed E-state index contributed by atoms with van der Waals surface area (Å²) < 4.78 is 88.5. The van der Waals surface area contributed by atoms with E-state index in [1.165, 1.54) is 33.5 Å². The van der Waals surface area contributed by atoms with Crippen molar-refractivity contribution in [3.63, 3.8) is 0 Å². The SMILES string of the molecule is CCCCCCCCC(CCCCCCc1cc(C(F)(F)F)cc(C(F)(F)F)c1)C(O)(OC)OC. The van der Waals surface area contributed by atoms with Gasteiger partial charge < -0.3 is 14.6 Å². The first kappa shape index (κ1) is 31.7. The Hall–Kier alpha value is -1.32. The Morgan fingerprint density at radius 3 is 1.54 bits per heavy atom. The monoisotopic (exact) mass is 514 g/mol. The van der Waals surface area contributed by atoms with Crippen LogP contribution >= 0.6 is 0 Å². The van der Waals surface area contributed by atoms with Gasteiger partial charge in [-0.2, -0.15) is 26.3 Å². The van der Waals surface area contributed by atoms with Crippen molar-refractivity contribution in [1.82, 2.24) is 0 Å². The molecule has 35 heavy (non-hydrogen) atoms. The van der Waals surface area contributed by atoms with E-state index in [0.29, 0.717) is 19.3 Å². The molecule has 1 rings (SSSR count). The number of aliphatic hydroxyl groups is 1. The van der Waals surface area contributed by atoms with Crippen molar-refractivity contribution >= 4 is 0 Å². The summed E-state index contributed by atoms with van der Waals surface area (Å²) in [6.45, 7) is 2.16. The molecule has 0 saturated carbocycles. The smallest absolute Gasteiger partial charge is 0.343 e. The van der Waals surface area contributed by atoms with Crippen LogP contribution in [0.15, 0.2) is 18.2 Å². The van der Waals surface area contributed by atoms with Crippen LogP contribution in [0.5, 0.6) is 0 Å². The molecule has 1 aromatic carbocycles. The van der Waals surface area contributed by atoms with Crippen molar-refractivity contribution in [3.8, 4) is 0 Å². The highest BCUT2D eigenvalue weighted by Crippen LogP contribution is 2.37. The van der Waals surface area contributed by atoms with Crippen molar-refractivity contribution < 1.29 is 40.9 Å². The number of ether oxygens (including phenoxy) is 2. The number of methoxy groups -OCH3 is 2. The van der Waals surface area contributed by atoms with E-state index in [0.717, 1.165) is 50.7 Å². The minimum Gasteiger partial charge on any atom is -0.343 e. The third-order valence-electron chi connectivity index (χ3n) is 6.42. The van der Waals surface area contributed by atoms with E-state index >= 15 is 0 Å². The van der Waals surface area contributed by atoms with E-state index in [1.807, 2.05) is 0 Å². The lowest BCUT2D eigenvalue weighted by Crippen LogP contribution is -2.42. The number of hydrogen-bond donors (Lipinski definition) is 1. The first-order valence-electron chi connectivity index (χ1n) is 12.5. The summed E-state index contributed by atoms with van der Waals surface area (Å²) in [6.07, 6.45) is 1.19. The Morgan fingerprint density at radius 2 is 1.11 bits per heavy atom. The Bertz CT molecular complexity index is 682. The number of unbranched alkanes of at least 4 members (excludes halogenated alkanes) is 8. The fraction of sp³-hybridized carbons (Fsp3) is 0.769. The third-order valence-corrected chi connectivity index (χ3v) is 6.42. The minimum absolute atomic E-state index is 0.0289. The number of rotatable bonds is 17. The van der Waals surface area contributed by atoms with Crippen LogP contribution < -0.4 is 0 Å². The number of halogens is 6. The maximum Gasteiger partial charge on any atom is 0.416 e. The number of alkyl halides is 6. The Labute approximate surface area is 205 Å². The largest absolute Gasteiger partial charge is 0.416 e. The third kappa shape index (κ3) is 11.5. The summed E-state index contributed by atoms with van der Waals surface area (Å²) in [5.74, 6) is -1.89. The van der Waals surface area contributed by atoms with Crippen LogP contribution in [0.25, 0.3) is 0 Å². The fourth-order valence-electron chi connectivity index (χ4n) is 4.33. The van der Waals surface area contributed by atoms with E-state index in [9.17, 15) is 31.4 Å². The van der Waals surface area contributed by atoms with Gasteiger partial charge in [0.25, 0.3) is 5.97 Å². The highest BCUT2D eigenvalue weighted by molar-refractivity contribution is 5.33. The predicted octanol–water partition coefficient (Wildman–Crippen LogP) is 8.52. The topological polar surface area (TPSA) is 38.7 Å². The molecule has 0 radical (unpaired) electrons. The van der Waals surface area contributed by atoms with E-state index in [1.54, 1.807) is 0 Å². The van der Waals surface area contributed by atoms with Gasteiger partial charge in [0, 0.05) is 20.1 Å². The zero-order valence-electron chi connectivity index (χ0n) is 21.0. The normalized spacial score (nSPS) is 13.9. The van der Waals surface area contributed by atoms with Gasteiger partial charge in [0.05, 0.1) is 11.1 Å². The molecule has 204 valence electrons. The molecule has 1 unspecified atom stereocenters. The van der Waals surface area contributed by atoms with Gasteiger partial charge in [-0.05, 0) is 49.4 Å². The van der Waals surface area contributed by atoms with Crippen LogP contribution in [0.1, 0.15) is 101 Å². The second-order valence-corrected chi connectivity index (χ2v) is 9.16. The molecule has 0 heterocycles. The van der Waals surface area contributed by atoms with Crippen LogP contribution in [-0.4, -0.2) is 25.3 Å². The standard InChI is InChI=1S/C26H40F6O3/c1-4-5-6-7-8-12-15-21(26(33,34-2)35-3)16-13-10-9-11-14-20-17-22(24(27,28)29)19-23(18-20)25(30,31)32/h17-19,21,33H,4-16H2,1-3H3. The van der Waals surface area contributed by atoms with Crippen molar-refractivity contribution in [3.05, 3.63) is 34.9 Å². The van der Waals surface area contributed by atoms with Gasteiger partial charge in [0.1, 0.15) is 0 Å². The number of hydrogen-bond acceptors (Lipinski definition) is 3. The van der Waals surface area contributed by atoms with E-state index in [-0.39, 0.29) is 24.0 Å². The van der Waals surface area contributed by atoms with Crippen molar-refractivity contribution in [2.24, 2.45) is 5.92 Å². The van der Waals surface area contributed by atoms with E-state index in [4.69, 9.17) is 9.47 Å². The summed E-state index contributed by atoms with van der Waals surface area (Å²) in [7, 11) is 2.78. The molecule has 0 saturated heterocycles. The lowest BCUT2D eigenvalue weighted by molar-refractivity contribution is -0.369. The molecule has 0 aliphatic rings. The van der Waals surface area contributed by atoms with Crippen LogP contribution in [0.3, 0.4) is 0 Å². The Balaban J connectivity index is 2.57. The molecule has 1 aromatic rings. The average molecular weight is 515 g/mol. The Kier molecular flexibility index (Phi) is 13.6. The van der Waals surface area contributed by atoms with Crippen molar-refractivity contribution in [2.45, 2.75) is 109 Å². The van der Waals surface area contributed by atoms with Crippen LogP contribution in [0, 0.1) is 5.92 Å². The lowest BCUT2D eigenvalue weighted by Gasteiger charge is -2.33. The zero-order chi connectivity index (χ0) is 26.5. The highest BCUT2D eigenvalue weighted by atomic mass is 19.4. The maximum absolute atomic E-state index is 13.0. The molecule has 3 nitrogen and oxygen atoms in total. The predicted molar refractivity (Wildman–Crippen MR) is 124 cm³/mol. The van der Waals surface area contributed by atoms with Crippen LogP contribution in [-0.2, 0) is 28.2 Å². The second-order valence-electron chi connectivity index (χ2n) is 9.16. The van der Waals surface area contributed by atoms with Crippen molar-refractivity contribution in [1.29, 1.82) is 0 Å². The highest BCUT2D eigenvalue weighted by Gasteiger charge is 2.37. The fourth-order valence-corrected chi connectivity index (χ4v) is 4.33. The van der Waals surface area contributed by atoms with Crippen LogP contribution in [0.2, 0.25) is 0 Å². The lowest BCUT2D eigenvalue weighted by atomic mass is 9.91. The summed E-state index contributed by atoms with van der Waals surface area (Å²) in [4.78, 5) is 0. The van der Waals surface area contributed by atoms with Gasteiger partial charge in [0.15, 0.2) is 0 Å². The summed E-state index contributed by atoms with van der Waals surface area (Å²) >= 11 is 0. The quantitative estimate of drug-likeness (QED) is 0.129. The molecular weight excluding hydrogens is 474 g/mol. The molecular formula is C26H40F6O3. The van der Waals surface area contributed by atoms with Gasteiger partial charge >= 0.3 is 12.4 Å². The average Bonchev–Trinajstić information content (AvgIpc) is 2.80. The Morgan fingerprint density at radius 1 is 0.686 bits per heavy atom. The van der Waals surface area contributed by atoms with Gasteiger partial charge in [-0.25, -0.2) is 0 Å². The summed E-state index contributed by atoms with van der Waals surface area (Å²) in [5.41, 5.74) is -2.53.